The molecular formula is C9H16OS2. The second kappa shape index (κ2) is 2.88. The van der Waals surface area contributed by atoms with Crippen molar-refractivity contribution in [2.24, 2.45) is 10.8 Å². The summed E-state index contributed by atoms with van der Waals surface area (Å²) in [6.45, 7) is 8.37. The molecule has 0 amide bonds. The highest BCUT2D eigenvalue weighted by molar-refractivity contribution is 7.86. The average molecular weight is 204 g/mol. The normalized spacial score (nSPS) is 28.8. The van der Waals surface area contributed by atoms with E-state index >= 15 is 0 Å². The number of rotatable bonds is 0. The van der Waals surface area contributed by atoms with Gasteiger partial charge in [0.2, 0.25) is 0 Å². The summed E-state index contributed by atoms with van der Waals surface area (Å²) in [6, 6.07) is 0. The smallest absolute Gasteiger partial charge is 0.0332 e. The van der Waals surface area contributed by atoms with Crippen molar-refractivity contribution >= 4 is 27.9 Å². The molecule has 0 aromatic heterocycles. The lowest BCUT2D eigenvalue weighted by Crippen LogP contribution is -2.47. The van der Waals surface area contributed by atoms with Crippen LogP contribution in [0.25, 0.3) is 0 Å². The quantitative estimate of drug-likeness (QED) is 0.563. The van der Waals surface area contributed by atoms with Crippen molar-refractivity contribution in [3.05, 3.63) is 0 Å². The van der Waals surface area contributed by atoms with Crippen molar-refractivity contribution in [3.8, 4) is 0 Å². The van der Waals surface area contributed by atoms with Gasteiger partial charge in [-0.25, -0.2) is 0 Å². The maximum Gasteiger partial charge on any atom is 0.0332 e. The van der Waals surface area contributed by atoms with Gasteiger partial charge in [0.15, 0.2) is 0 Å². The van der Waals surface area contributed by atoms with Crippen LogP contribution in [0, 0.1) is 10.8 Å². The van der Waals surface area contributed by atoms with E-state index in [0.29, 0.717) is 0 Å². The largest absolute Gasteiger partial charge is 0.260 e. The molecule has 1 fully saturated rings. The molecule has 0 N–H and O–H groups in total. The van der Waals surface area contributed by atoms with Crippen molar-refractivity contribution < 1.29 is 4.21 Å². The maximum absolute atomic E-state index is 11.5. The van der Waals surface area contributed by atoms with Gasteiger partial charge in [0.05, 0.1) is 0 Å². The Labute approximate surface area is 82.4 Å². The lowest BCUT2D eigenvalue weighted by molar-refractivity contribution is 0.475. The highest BCUT2D eigenvalue weighted by Gasteiger charge is 2.42. The Balaban J connectivity index is 2.99. The van der Waals surface area contributed by atoms with E-state index in [1.807, 2.05) is 0 Å². The Morgan fingerprint density at radius 3 is 1.83 bits per heavy atom. The minimum Gasteiger partial charge on any atom is -0.260 e. The van der Waals surface area contributed by atoms with E-state index in [1.165, 1.54) is 0 Å². The van der Waals surface area contributed by atoms with Crippen LogP contribution in [0.1, 0.15) is 27.7 Å². The van der Waals surface area contributed by atoms with Crippen molar-refractivity contribution in [1.82, 2.24) is 0 Å². The Kier molecular flexibility index (Phi) is 2.47. The van der Waals surface area contributed by atoms with E-state index in [9.17, 15) is 4.21 Å². The molecular weight excluding hydrogens is 188 g/mol. The molecule has 0 saturated carbocycles. The van der Waals surface area contributed by atoms with Crippen molar-refractivity contribution in [2.75, 3.05) is 11.5 Å². The fraction of sp³-hybridized carbons (Fsp3) is 0.889. The zero-order chi connectivity index (χ0) is 9.57. The highest BCUT2D eigenvalue weighted by Crippen LogP contribution is 2.37. The van der Waals surface area contributed by atoms with Crippen molar-refractivity contribution in [2.45, 2.75) is 27.7 Å². The first-order valence-electron chi connectivity index (χ1n) is 4.16. The Morgan fingerprint density at radius 2 is 1.50 bits per heavy atom. The monoisotopic (exact) mass is 204 g/mol. The molecule has 0 aliphatic carbocycles. The van der Waals surface area contributed by atoms with Gasteiger partial charge in [-0.3, -0.25) is 4.21 Å². The Bertz CT molecular complexity index is 219. The molecule has 1 aliphatic rings. The van der Waals surface area contributed by atoms with Crippen LogP contribution in [0.3, 0.4) is 0 Å². The van der Waals surface area contributed by atoms with E-state index in [-0.39, 0.29) is 10.8 Å². The van der Waals surface area contributed by atoms with Crippen LogP contribution in [0.5, 0.6) is 0 Å². The minimum atomic E-state index is -0.687. The summed E-state index contributed by atoms with van der Waals surface area (Å²) in [5.41, 5.74) is -0.0517. The molecule has 70 valence electrons. The van der Waals surface area contributed by atoms with E-state index in [2.05, 4.69) is 27.7 Å². The first-order valence-corrected chi connectivity index (χ1v) is 6.05. The SMILES string of the molecule is CC1(C)CS(=O)CC(C)(C)C1=S. The van der Waals surface area contributed by atoms with Gasteiger partial charge in [-0.05, 0) is 0 Å². The van der Waals surface area contributed by atoms with Crippen LogP contribution in [0.15, 0.2) is 0 Å². The van der Waals surface area contributed by atoms with E-state index in [1.54, 1.807) is 0 Å². The average Bonchev–Trinajstić information content (AvgIpc) is 1.80. The summed E-state index contributed by atoms with van der Waals surface area (Å²) in [5, 5.41) is 0. The van der Waals surface area contributed by atoms with Gasteiger partial charge in [0, 0.05) is 38.0 Å². The molecule has 0 unspecified atom stereocenters. The third-order valence-corrected chi connectivity index (χ3v) is 5.47. The number of thiocarbonyl (C=S) groups is 1. The second-order valence-corrected chi connectivity index (χ2v) is 6.69. The second-order valence-electron chi connectivity index (χ2n) is 4.83. The predicted octanol–water partition coefficient (Wildman–Crippen LogP) is 2.17. The molecule has 0 aromatic rings. The highest BCUT2D eigenvalue weighted by atomic mass is 32.2. The number of hydrogen-bond donors (Lipinski definition) is 0. The van der Waals surface area contributed by atoms with Crippen LogP contribution in [0.4, 0.5) is 0 Å². The molecule has 0 atom stereocenters. The zero-order valence-electron chi connectivity index (χ0n) is 8.14. The molecule has 0 aromatic carbocycles. The lowest BCUT2D eigenvalue weighted by Gasteiger charge is -2.40. The van der Waals surface area contributed by atoms with Gasteiger partial charge in [-0.2, -0.15) is 0 Å². The van der Waals surface area contributed by atoms with Gasteiger partial charge >= 0.3 is 0 Å². The molecule has 1 nitrogen and oxygen atoms in total. The standard InChI is InChI=1S/C9H16OS2/c1-8(2)5-12(10)6-9(3,4)7(8)11/h5-6H2,1-4H3. The van der Waals surface area contributed by atoms with E-state index in [4.69, 9.17) is 12.2 Å². The van der Waals surface area contributed by atoms with Gasteiger partial charge < -0.3 is 0 Å². The first-order chi connectivity index (χ1) is 5.26. The van der Waals surface area contributed by atoms with Crippen LogP contribution < -0.4 is 0 Å². The summed E-state index contributed by atoms with van der Waals surface area (Å²) in [5.74, 6) is 1.46. The molecule has 1 saturated heterocycles. The lowest BCUT2D eigenvalue weighted by atomic mass is 9.76. The molecule has 0 bridgehead atoms. The molecule has 0 spiro atoms. The van der Waals surface area contributed by atoms with E-state index in [0.717, 1.165) is 16.4 Å². The van der Waals surface area contributed by atoms with Crippen LogP contribution in [-0.2, 0) is 10.8 Å². The minimum absolute atomic E-state index is 0.0258. The summed E-state index contributed by atoms with van der Waals surface area (Å²) in [7, 11) is -0.687. The van der Waals surface area contributed by atoms with Gasteiger partial charge in [0.25, 0.3) is 0 Å². The van der Waals surface area contributed by atoms with Gasteiger partial charge in [-0.1, -0.05) is 39.9 Å². The third-order valence-electron chi connectivity index (χ3n) is 2.27. The summed E-state index contributed by atoms with van der Waals surface area (Å²) < 4.78 is 11.5. The Morgan fingerprint density at radius 1 is 1.17 bits per heavy atom. The van der Waals surface area contributed by atoms with Gasteiger partial charge in [0.1, 0.15) is 0 Å². The molecule has 3 heteroatoms. The molecule has 0 radical (unpaired) electrons. The maximum atomic E-state index is 11.5. The fourth-order valence-corrected chi connectivity index (χ4v) is 4.23. The summed E-state index contributed by atoms with van der Waals surface area (Å²) in [6.07, 6.45) is 0. The van der Waals surface area contributed by atoms with Crippen LogP contribution in [0.2, 0.25) is 0 Å². The van der Waals surface area contributed by atoms with Crippen LogP contribution in [-0.4, -0.2) is 20.6 Å². The Hall–Kier alpha value is 0.240. The molecule has 1 aliphatic heterocycles. The number of hydrogen-bond acceptors (Lipinski definition) is 2. The van der Waals surface area contributed by atoms with Gasteiger partial charge in [-0.15, -0.1) is 0 Å². The van der Waals surface area contributed by atoms with Crippen LogP contribution >= 0.6 is 12.2 Å². The predicted molar refractivity (Wildman–Crippen MR) is 58.0 cm³/mol. The fourth-order valence-electron chi connectivity index (χ4n) is 1.90. The summed E-state index contributed by atoms with van der Waals surface area (Å²) in [4.78, 5) is 1.08. The topological polar surface area (TPSA) is 17.1 Å². The first kappa shape index (κ1) is 10.3. The zero-order valence-corrected chi connectivity index (χ0v) is 9.77. The van der Waals surface area contributed by atoms with E-state index < -0.39 is 10.8 Å². The molecule has 1 rings (SSSR count). The van der Waals surface area contributed by atoms with Crippen molar-refractivity contribution in [1.29, 1.82) is 0 Å². The molecule has 12 heavy (non-hydrogen) atoms. The van der Waals surface area contributed by atoms with Crippen molar-refractivity contribution in [3.63, 3.8) is 0 Å². The third kappa shape index (κ3) is 1.77. The summed E-state index contributed by atoms with van der Waals surface area (Å²) >= 11 is 5.40. The molecule has 1 heterocycles.